The highest BCUT2D eigenvalue weighted by atomic mass is 16.2. The number of rotatable bonds is 6. The van der Waals surface area contributed by atoms with Crippen molar-refractivity contribution in [1.29, 1.82) is 0 Å². The fraction of sp³-hybridized carbons (Fsp3) is 0.636. The highest BCUT2D eigenvalue weighted by Crippen LogP contribution is 2.30. The third-order valence-corrected chi connectivity index (χ3v) is 6.45. The van der Waals surface area contributed by atoms with E-state index < -0.39 is 0 Å². The summed E-state index contributed by atoms with van der Waals surface area (Å²) in [6.45, 7) is 3.66. The van der Waals surface area contributed by atoms with Crippen LogP contribution in [-0.2, 0) is 9.59 Å². The van der Waals surface area contributed by atoms with E-state index in [0.29, 0.717) is 19.0 Å². The molecule has 5 nitrogen and oxygen atoms in total. The second kappa shape index (κ2) is 8.42. The van der Waals surface area contributed by atoms with Gasteiger partial charge in [0.2, 0.25) is 11.8 Å². The van der Waals surface area contributed by atoms with E-state index in [-0.39, 0.29) is 23.8 Å². The Labute approximate surface area is 162 Å². The highest BCUT2D eigenvalue weighted by Gasteiger charge is 2.39. The smallest absolute Gasteiger partial charge is 0.225 e. The molecular formula is C22H31N3O2. The van der Waals surface area contributed by atoms with Crippen LogP contribution in [0.4, 0.5) is 0 Å². The molecule has 2 saturated heterocycles. The van der Waals surface area contributed by atoms with Crippen molar-refractivity contribution in [2.24, 2.45) is 5.92 Å². The number of amides is 2. The molecule has 2 heterocycles. The van der Waals surface area contributed by atoms with Crippen LogP contribution < -0.4 is 5.32 Å². The number of carbonyl (C=O) groups is 2. The number of likely N-dealkylation sites (tertiary alicyclic amines) is 2. The molecular weight excluding hydrogens is 338 g/mol. The number of nitrogens with one attached hydrogen (secondary N) is 1. The van der Waals surface area contributed by atoms with E-state index in [0.717, 1.165) is 38.0 Å². The predicted molar refractivity (Wildman–Crippen MR) is 105 cm³/mol. The fourth-order valence-corrected chi connectivity index (χ4v) is 4.91. The molecule has 2 atom stereocenters. The van der Waals surface area contributed by atoms with E-state index in [1.54, 1.807) is 0 Å². The van der Waals surface area contributed by atoms with Gasteiger partial charge < -0.3 is 15.1 Å². The topological polar surface area (TPSA) is 52.7 Å². The van der Waals surface area contributed by atoms with Gasteiger partial charge >= 0.3 is 0 Å². The monoisotopic (exact) mass is 369 g/mol. The van der Waals surface area contributed by atoms with Gasteiger partial charge in [-0.1, -0.05) is 43.2 Å². The van der Waals surface area contributed by atoms with Crippen LogP contribution in [0.15, 0.2) is 30.3 Å². The average molecular weight is 370 g/mol. The van der Waals surface area contributed by atoms with Crippen LogP contribution >= 0.6 is 0 Å². The van der Waals surface area contributed by atoms with Gasteiger partial charge in [0.05, 0.1) is 12.0 Å². The molecule has 2 unspecified atom stereocenters. The van der Waals surface area contributed by atoms with E-state index in [1.807, 2.05) is 23.1 Å². The lowest BCUT2D eigenvalue weighted by Gasteiger charge is -2.27. The van der Waals surface area contributed by atoms with E-state index in [2.05, 4.69) is 22.3 Å². The molecule has 4 rings (SSSR count). The van der Waals surface area contributed by atoms with E-state index in [1.165, 1.54) is 25.7 Å². The summed E-state index contributed by atoms with van der Waals surface area (Å²) in [4.78, 5) is 29.9. The van der Waals surface area contributed by atoms with Crippen molar-refractivity contribution >= 4 is 11.8 Å². The van der Waals surface area contributed by atoms with Gasteiger partial charge in [-0.3, -0.25) is 9.59 Å². The highest BCUT2D eigenvalue weighted by molar-refractivity contribution is 5.89. The Morgan fingerprint density at radius 2 is 1.78 bits per heavy atom. The molecule has 27 heavy (non-hydrogen) atoms. The van der Waals surface area contributed by atoms with Crippen LogP contribution in [-0.4, -0.2) is 53.8 Å². The van der Waals surface area contributed by atoms with Gasteiger partial charge in [-0.2, -0.15) is 0 Å². The lowest BCUT2D eigenvalue weighted by atomic mass is 10.0. The molecule has 1 N–H and O–H groups in total. The Morgan fingerprint density at radius 1 is 1.07 bits per heavy atom. The normalized spacial score (nSPS) is 25.3. The first-order valence-corrected chi connectivity index (χ1v) is 10.6. The molecule has 0 radical (unpaired) electrons. The minimum atomic E-state index is -0.206. The molecule has 3 fully saturated rings. The second-order valence-corrected chi connectivity index (χ2v) is 8.37. The summed E-state index contributed by atoms with van der Waals surface area (Å²) in [5.74, 6) is -0.00218. The van der Waals surface area contributed by atoms with Crippen molar-refractivity contribution in [2.45, 2.75) is 57.0 Å². The molecule has 1 aromatic rings. The quantitative estimate of drug-likeness (QED) is 0.839. The summed E-state index contributed by atoms with van der Waals surface area (Å²) in [6.07, 6.45) is 7.46. The SMILES string of the molecule is O=C(NC(CN1CCCC1)c1ccccc1)C1CC(=O)N(C2CCCC2)C1. The van der Waals surface area contributed by atoms with Crippen molar-refractivity contribution < 1.29 is 9.59 Å². The summed E-state index contributed by atoms with van der Waals surface area (Å²) >= 11 is 0. The number of hydrogen-bond donors (Lipinski definition) is 1. The molecule has 2 amide bonds. The minimum absolute atomic E-state index is 0.00701. The molecule has 0 spiro atoms. The number of hydrogen-bond acceptors (Lipinski definition) is 3. The number of nitrogens with zero attached hydrogens (tertiary/aromatic N) is 2. The first-order valence-electron chi connectivity index (χ1n) is 10.6. The third-order valence-electron chi connectivity index (χ3n) is 6.45. The summed E-state index contributed by atoms with van der Waals surface area (Å²) in [7, 11) is 0. The van der Waals surface area contributed by atoms with Crippen LogP contribution in [0.2, 0.25) is 0 Å². The molecule has 0 aromatic heterocycles. The maximum absolute atomic E-state index is 13.0. The van der Waals surface area contributed by atoms with Crippen molar-refractivity contribution in [3.63, 3.8) is 0 Å². The molecule has 1 aliphatic carbocycles. The Hall–Kier alpha value is -1.88. The standard InChI is InChI=1S/C22H31N3O2/c26-21-14-18(15-25(21)19-10-4-5-11-19)22(27)23-20(16-24-12-6-7-13-24)17-8-2-1-3-9-17/h1-3,8-9,18-20H,4-7,10-16H2,(H,23,27). The predicted octanol–water partition coefficient (Wildman–Crippen LogP) is 2.73. The summed E-state index contributed by atoms with van der Waals surface area (Å²) < 4.78 is 0. The van der Waals surface area contributed by atoms with Crippen LogP contribution in [0.25, 0.3) is 0 Å². The Balaban J connectivity index is 1.41. The van der Waals surface area contributed by atoms with Gasteiger partial charge in [-0.05, 0) is 44.3 Å². The molecule has 5 heteroatoms. The lowest BCUT2D eigenvalue weighted by molar-refractivity contribution is -0.130. The maximum Gasteiger partial charge on any atom is 0.225 e. The lowest BCUT2D eigenvalue weighted by Crippen LogP contribution is -2.41. The zero-order valence-corrected chi connectivity index (χ0v) is 16.1. The minimum Gasteiger partial charge on any atom is -0.348 e. The maximum atomic E-state index is 13.0. The van der Waals surface area contributed by atoms with Gasteiger partial charge in [0.1, 0.15) is 0 Å². The zero-order valence-electron chi connectivity index (χ0n) is 16.1. The van der Waals surface area contributed by atoms with Crippen LogP contribution in [0.3, 0.4) is 0 Å². The summed E-state index contributed by atoms with van der Waals surface area (Å²) in [6, 6.07) is 10.6. The summed E-state index contributed by atoms with van der Waals surface area (Å²) in [5.41, 5.74) is 1.15. The van der Waals surface area contributed by atoms with Crippen LogP contribution in [0.1, 0.15) is 56.6 Å². The van der Waals surface area contributed by atoms with Gasteiger partial charge in [0.25, 0.3) is 0 Å². The molecule has 0 bridgehead atoms. The van der Waals surface area contributed by atoms with Crippen molar-refractivity contribution in [2.75, 3.05) is 26.2 Å². The second-order valence-electron chi connectivity index (χ2n) is 8.37. The van der Waals surface area contributed by atoms with E-state index >= 15 is 0 Å². The molecule has 1 aromatic carbocycles. The largest absolute Gasteiger partial charge is 0.348 e. The van der Waals surface area contributed by atoms with E-state index in [4.69, 9.17) is 0 Å². The Kier molecular flexibility index (Phi) is 5.77. The van der Waals surface area contributed by atoms with Gasteiger partial charge in [0.15, 0.2) is 0 Å². The molecule has 1 saturated carbocycles. The first-order chi connectivity index (χ1) is 13.2. The first kappa shape index (κ1) is 18.5. The fourth-order valence-electron chi connectivity index (χ4n) is 4.91. The molecule has 3 aliphatic rings. The van der Waals surface area contributed by atoms with Gasteiger partial charge in [-0.15, -0.1) is 0 Å². The zero-order chi connectivity index (χ0) is 18.6. The molecule has 146 valence electrons. The summed E-state index contributed by atoms with van der Waals surface area (Å²) in [5, 5.41) is 3.27. The average Bonchev–Trinajstić information content (AvgIpc) is 3.43. The Morgan fingerprint density at radius 3 is 2.48 bits per heavy atom. The van der Waals surface area contributed by atoms with Crippen molar-refractivity contribution in [3.8, 4) is 0 Å². The van der Waals surface area contributed by atoms with Crippen LogP contribution in [0, 0.1) is 5.92 Å². The number of benzene rings is 1. The van der Waals surface area contributed by atoms with Gasteiger partial charge in [0, 0.05) is 25.6 Å². The third kappa shape index (κ3) is 4.34. The van der Waals surface area contributed by atoms with Crippen molar-refractivity contribution in [1.82, 2.24) is 15.1 Å². The number of carbonyl (C=O) groups excluding carboxylic acids is 2. The Bertz CT molecular complexity index is 651. The van der Waals surface area contributed by atoms with Crippen molar-refractivity contribution in [3.05, 3.63) is 35.9 Å². The van der Waals surface area contributed by atoms with Crippen LogP contribution in [0.5, 0.6) is 0 Å². The van der Waals surface area contributed by atoms with E-state index in [9.17, 15) is 9.59 Å². The van der Waals surface area contributed by atoms with Gasteiger partial charge in [-0.25, -0.2) is 0 Å². The molecule has 2 aliphatic heterocycles.